The molecular weight excluding hydrogens is 391 g/mol. The molecule has 28 heavy (non-hydrogen) atoms. The van der Waals surface area contributed by atoms with Gasteiger partial charge in [-0.25, -0.2) is 8.42 Å². The van der Waals surface area contributed by atoms with E-state index < -0.39 is 33.8 Å². The maximum Gasteiger partial charge on any atom is 0.416 e. The zero-order valence-corrected chi connectivity index (χ0v) is 15.1. The molecule has 0 spiro atoms. The van der Waals surface area contributed by atoms with Crippen LogP contribution >= 0.6 is 0 Å². The molecule has 144 valence electrons. The normalized spacial score (nSPS) is 21.4. The van der Waals surface area contributed by atoms with Gasteiger partial charge in [0.2, 0.25) is 10.0 Å². The van der Waals surface area contributed by atoms with Crippen molar-refractivity contribution in [2.45, 2.75) is 29.6 Å². The lowest BCUT2D eigenvalue weighted by Gasteiger charge is -2.33. The Labute approximate surface area is 158 Å². The first-order chi connectivity index (χ1) is 13.3. The van der Waals surface area contributed by atoms with Crippen LogP contribution in [0.1, 0.15) is 40.0 Å². The Morgan fingerprint density at radius 2 is 1.79 bits per heavy atom. The number of H-pyrrole nitrogens is 1. The number of nitrogens with one attached hydrogen (secondary N) is 1. The lowest BCUT2D eigenvalue weighted by atomic mass is 10.0. The number of aromatic amines is 1. The molecule has 0 aliphatic carbocycles. The van der Waals surface area contributed by atoms with Gasteiger partial charge in [-0.05, 0) is 29.3 Å². The molecule has 0 amide bonds. The summed E-state index contributed by atoms with van der Waals surface area (Å²) in [4.78, 5) is -0.364. The zero-order valence-electron chi connectivity index (χ0n) is 14.3. The molecule has 3 aromatic rings. The molecule has 0 saturated heterocycles. The van der Waals surface area contributed by atoms with Gasteiger partial charge in [-0.1, -0.05) is 30.3 Å². The van der Waals surface area contributed by atoms with Crippen LogP contribution in [0.3, 0.4) is 0 Å². The third-order valence-corrected chi connectivity index (χ3v) is 7.26. The third-order valence-electron chi connectivity index (χ3n) is 5.39. The van der Waals surface area contributed by atoms with E-state index in [1.807, 2.05) is 24.3 Å². The average molecular weight is 405 g/mol. The fourth-order valence-corrected chi connectivity index (χ4v) is 6.00. The van der Waals surface area contributed by atoms with E-state index in [1.165, 1.54) is 10.4 Å². The van der Waals surface area contributed by atoms with Gasteiger partial charge in [0.25, 0.3) is 0 Å². The number of alkyl halides is 3. The number of fused-ring (bicyclic) bond motifs is 7. The number of benzene rings is 2. The van der Waals surface area contributed by atoms with E-state index in [1.54, 1.807) is 6.20 Å². The lowest BCUT2D eigenvalue weighted by Crippen LogP contribution is -2.37. The largest absolute Gasteiger partial charge is 0.416 e. The van der Waals surface area contributed by atoms with Crippen molar-refractivity contribution in [3.63, 3.8) is 0 Å². The van der Waals surface area contributed by atoms with Crippen LogP contribution in [0.15, 0.2) is 59.6 Å². The van der Waals surface area contributed by atoms with Gasteiger partial charge in [0, 0.05) is 17.7 Å². The van der Waals surface area contributed by atoms with E-state index in [9.17, 15) is 21.6 Å². The van der Waals surface area contributed by atoms with Crippen LogP contribution < -0.4 is 0 Å². The fourth-order valence-electron chi connectivity index (χ4n) is 4.20. The number of nitrogens with zero attached hydrogens (tertiary/aromatic N) is 2. The van der Waals surface area contributed by atoms with Crippen LogP contribution in [0.25, 0.3) is 0 Å². The van der Waals surface area contributed by atoms with E-state index >= 15 is 0 Å². The Bertz CT molecular complexity index is 1190. The quantitative estimate of drug-likeness (QED) is 0.705. The molecule has 3 heterocycles. The SMILES string of the molecule is O=S(=O)(c1cccc(C(F)(F)F)c1)N1[C@@H]2c3ccccc3[C@H]1Cc1[nH]ncc12. The van der Waals surface area contributed by atoms with Crippen LogP contribution in [0.5, 0.6) is 0 Å². The Morgan fingerprint density at radius 3 is 2.54 bits per heavy atom. The van der Waals surface area contributed by atoms with E-state index in [4.69, 9.17) is 0 Å². The number of aromatic nitrogens is 2. The number of hydrogen-bond acceptors (Lipinski definition) is 3. The van der Waals surface area contributed by atoms with E-state index in [0.717, 1.165) is 34.5 Å². The van der Waals surface area contributed by atoms with Crippen LogP contribution in [-0.2, 0) is 22.6 Å². The van der Waals surface area contributed by atoms with Crippen LogP contribution in [0.4, 0.5) is 13.2 Å². The average Bonchev–Trinajstić information content (AvgIpc) is 3.23. The summed E-state index contributed by atoms with van der Waals surface area (Å²) >= 11 is 0. The highest BCUT2D eigenvalue weighted by atomic mass is 32.2. The highest BCUT2D eigenvalue weighted by Gasteiger charge is 2.50. The summed E-state index contributed by atoms with van der Waals surface area (Å²) in [5.74, 6) is 0. The molecule has 2 aromatic carbocycles. The summed E-state index contributed by atoms with van der Waals surface area (Å²) in [6.07, 6.45) is -2.64. The van der Waals surface area contributed by atoms with Crippen molar-refractivity contribution >= 4 is 10.0 Å². The number of hydrogen-bond donors (Lipinski definition) is 1. The molecule has 9 heteroatoms. The smallest absolute Gasteiger partial charge is 0.282 e. The standard InChI is InChI=1S/C19H14F3N3O2S/c20-19(21,22)11-4-3-5-12(8-11)28(26,27)25-17-9-16-15(10-23-24-16)18(25)14-7-2-1-6-13(14)17/h1-8,10,17-18H,9H2,(H,23,24)/t17-,18-/m1/s1. The predicted molar refractivity (Wildman–Crippen MR) is 93.8 cm³/mol. The molecule has 2 bridgehead atoms. The van der Waals surface area contributed by atoms with Crippen molar-refractivity contribution in [3.8, 4) is 0 Å². The minimum Gasteiger partial charge on any atom is -0.282 e. The number of sulfonamides is 1. The molecule has 5 nitrogen and oxygen atoms in total. The maximum absolute atomic E-state index is 13.5. The first-order valence-electron chi connectivity index (χ1n) is 8.60. The van der Waals surface area contributed by atoms with Crippen LogP contribution in [0, 0.1) is 0 Å². The fraction of sp³-hybridized carbons (Fsp3) is 0.211. The molecular formula is C19H14F3N3O2S. The van der Waals surface area contributed by atoms with Gasteiger partial charge in [0.1, 0.15) is 0 Å². The molecule has 0 fully saturated rings. The second-order valence-corrected chi connectivity index (χ2v) is 8.76. The molecule has 2 aliphatic rings. The van der Waals surface area contributed by atoms with Gasteiger partial charge in [0.15, 0.2) is 0 Å². The summed E-state index contributed by atoms with van der Waals surface area (Å²) in [5, 5.41) is 6.95. The lowest BCUT2D eigenvalue weighted by molar-refractivity contribution is -0.137. The molecule has 2 aliphatic heterocycles. The molecule has 1 aromatic heterocycles. The summed E-state index contributed by atoms with van der Waals surface area (Å²) in [5.41, 5.74) is 2.30. The van der Waals surface area contributed by atoms with Crippen molar-refractivity contribution in [1.82, 2.24) is 14.5 Å². The van der Waals surface area contributed by atoms with Crippen LogP contribution in [-0.4, -0.2) is 22.9 Å². The minimum atomic E-state index is -4.62. The second-order valence-electron chi connectivity index (χ2n) is 6.92. The molecule has 0 radical (unpaired) electrons. The highest BCUT2D eigenvalue weighted by molar-refractivity contribution is 7.89. The summed E-state index contributed by atoms with van der Waals surface area (Å²) in [7, 11) is -4.18. The Kier molecular flexibility index (Phi) is 3.54. The molecule has 0 unspecified atom stereocenters. The van der Waals surface area contributed by atoms with Gasteiger partial charge in [-0.2, -0.15) is 22.6 Å². The Morgan fingerprint density at radius 1 is 1.04 bits per heavy atom. The predicted octanol–water partition coefficient (Wildman–Crippen LogP) is 3.82. The van der Waals surface area contributed by atoms with Crippen LogP contribution in [0.2, 0.25) is 0 Å². The first-order valence-corrected chi connectivity index (χ1v) is 10.0. The van der Waals surface area contributed by atoms with E-state index in [2.05, 4.69) is 10.2 Å². The molecule has 5 rings (SSSR count). The monoisotopic (exact) mass is 405 g/mol. The van der Waals surface area contributed by atoms with Crippen molar-refractivity contribution in [2.24, 2.45) is 0 Å². The molecule has 1 N–H and O–H groups in total. The third kappa shape index (κ3) is 2.36. The van der Waals surface area contributed by atoms with Gasteiger partial charge in [0.05, 0.1) is 28.7 Å². The van der Waals surface area contributed by atoms with Gasteiger partial charge >= 0.3 is 6.18 Å². The maximum atomic E-state index is 13.5. The summed E-state index contributed by atoms with van der Waals surface area (Å²) in [6.45, 7) is 0. The summed E-state index contributed by atoms with van der Waals surface area (Å²) in [6, 6.07) is 10.2. The Balaban J connectivity index is 1.68. The Hall–Kier alpha value is -2.65. The number of halogens is 3. The minimum absolute atomic E-state index is 0.364. The molecule has 2 atom stereocenters. The van der Waals surface area contributed by atoms with Gasteiger partial charge in [-0.15, -0.1) is 0 Å². The van der Waals surface area contributed by atoms with Crippen molar-refractivity contribution in [1.29, 1.82) is 0 Å². The van der Waals surface area contributed by atoms with E-state index in [-0.39, 0.29) is 4.90 Å². The van der Waals surface area contributed by atoms with Gasteiger partial charge < -0.3 is 0 Å². The first kappa shape index (κ1) is 17.4. The molecule has 0 saturated carbocycles. The zero-order chi connectivity index (χ0) is 19.7. The topological polar surface area (TPSA) is 66.1 Å². The van der Waals surface area contributed by atoms with Gasteiger partial charge in [-0.3, -0.25) is 5.10 Å². The van der Waals surface area contributed by atoms with Crippen molar-refractivity contribution in [3.05, 3.63) is 82.7 Å². The second kappa shape index (κ2) is 5.68. The summed E-state index contributed by atoms with van der Waals surface area (Å²) < 4.78 is 67.6. The van der Waals surface area contributed by atoms with Crippen molar-refractivity contribution in [2.75, 3.05) is 0 Å². The number of rotatable bonds is 2. The van der Waals surface area contributed by atoms with Crippen molar-refractivity contribution < 1.29 is 21.6 Å². The van der Waals surface area contributed by atoms with E-state index in [0.29, 0.717) is 12.5 Å². The highest BCUT2D eigenvalue weighted by Crippen LogP contribution is 2.53.